The molecule has 1 unspecified atom stereocenters. The third kappa shape index (κ3) is 6.49. The van der Waals surface area contributed by atoms with E-state index in [0.29, 0.717) is 16.6 Å². The number of aromatic nitrogens is 4. The Morgan fingerprint density at radius 1 is 0.974 bits per heavy atom. The lowest BCUT2D eigenvalue weighted by Crippen LogP contribution is -2.52. The van der Waals surface area contributed by atoms with Crippen LogP contribution in [0, 0.1) is 0 Å². The molecule has 1 N–H and O–H groups in total. The second kappa shape index (κ2) is 12.3. The molecule has 1 aromatic heterocycles. The summed E-state index contributed by atoms with van der Waals surface area (Å²) < 4.78 is 1.87. The van der Waals surface area contributed by atoms with Gasteiger partial charge in [0.15, 0.2) is 5.82 Å². The molecule has 202 valence electrons. The lowest BCUT2D eigenvalue weighted by molar-refractivity contribution is -0.121. The molecule has 1 aliphatic rings. The average molecular weight is 564 g/mol. The second-order valence-electron chi connectivity index (χ2n) is 10.2. The van der Waals surface area contributed by atoms with Crippen LogP contribution in [0.15, 0.2) is 78.9 Å². The van der Waals surface area contributed by atoms with Crippen molar-refractivity contribution in [1.29, 1.82) is 0 Å². The SMILES string of the molecule is CC(=O)NC1(c2ccccc2)CCN(CCC(Cn2nnnc2-c2ccccc2)c2ccc(Cl)c(Cl)c2)CC1. The minimum absolute atomic E-state index is 0.00245. The van der Waals surface area contributed by atoms with Gasteiger partial charge in [-0.1, -0.05) is 89.9 Å². The van der Waals surface area contributed by atoms with Crippen molar-refractivity contribution in [3.8, 4) is 11.4 Å². The van der Waals surface area contributed by atoms with E-state index >= 15 is 0 Å². The monoisotopic (exact) mass is 562 g/mol. The highest BCUT2D eigenvalue weighted by molar-refractivity contribution is 6.42. The first kappa shape index (κ1) is 27.3. The van der Waals surface area contributed by atoms with Crippen molar-refractivity contribution >= 4 is 29.1 Å². The number of piperidine rings is 1. The van der Waals surface area contributed by atoms with Crippen LogP contribution in [0.4, 0.5) is 0 Å². The zero-order chi connectivity index (χ0) is 27.2. The van der Waals surface area contributed by atoms with Crippen LogP contribution in [0.2, 0.25) is 10.0 Å². The van der Waals surface area contributed by atoms with E-state index in [0.717, 1.165) is 55.8 Å². The largest absolute Gasteiger partial charge is 0.347 e. The molecule has 0 bridgehead atoms. The fourth-order valence-electron chi connectivity index (χ4n) is 5.54. The number of carbonyl (C=O) groups is 1. The van der Waals surface area contributed by atoms with E-state index in [-0.39, 0.29) is 17.4 Å². The van der Waals surface area contributed by atoms with E-state index in [4.69, 9.17) is 23.2 Å². The van der Waals surface area contributed by atoms with E-state index in [1.807, 2.05) is 71.4 Å². The van der Waals surface area contributed by atoms with Gasteiger partial charge in [-0.05, 0) is 59.5 Å². The molecular weight excluding hydrogens is 531 g/mol. The lowest BCUT2D eigenvalue weighted by Gasteiger charge is -2.43. The Morgan fingerprint density at radius 2 is 1.67 bits per heavy atom. The van der Waals surface area contributed by atoms with Gasteiger partial charge in [-0.15, -0.1) is 5.10 Å². The Kier molecular flexibility index (Phi) is 8.60. The number of carbonyl (C=O) groups excluding carboxylic acids is 1. The first-order valence-corrected chi connectivity index (χ1v) is 14.0. The molecular formula is C30H32Cl2N6O. The summed E-state index contributed by atoms with van der Waals surface area (Å²) in [6.45, 7) is 4.90. The van der Waals surface area contributed by atoms with Gasteiger partial charge in [-0.2, -0.15) is 0 Å². The molecule has 0 saturated carbocycles. The number of hydrogen-bond donors (Lipinski definition) is 1. The maximum atomic E-state index is 12.1. The van der Waals surface area contributed by atoms with Crippen LogP contribution in [0.25, 0.3) is 11.4 Å². The number of likely N-dealkylation sites (tertiary alicyclic amines) is 1. The van der Waals surface area contributed by atoms with E-state index in [9.17, 15) is 4.79 Å². The van der Waals surface area contributed by atoms with Gasteiger partial charge in [-0.3, -0.25) is 4.79 Å². The number of nitrogens with one attached hydrogen (secondary N) is 1. The number of nitrogens with zero attached hydrogens (tertiary/aromatic N) is 5. The highest BCUT2D eigenvalue weighted by Gasteiger charge is 2.37. The Balaban J connectivity index is 1.32. The summed E-state index contributed by atoms with van der Waals surface area (Å²) in [5.41, 5.74) is 2.92. The molecule has 0 spiro atoms. The fourth-order valence-corrected chi connectivity index (χ4v) is 5.84. The highest BCUT2D eigenvalue weighted by atomic mass is 35.5. The summed E-state index contributed by atoms with van der Waals surface area (Å²) in [6, 6.07) is 26.1. The molecule has 7 nitrogen and oxygen atoms in total. The van der Waals surface area contributed by atoms with Crippen LogP contribution < -0.4 is 5.32 Å². The maximum Gasteiger partial charge on any atom is 0.217 e. The molecule has 1 amide bonds. The fraction of sp³-hybridized carbons (Fsp3) is 0.333. The number of halogens is 2. The highest BCUT2D eigenvalue weighted by Crippen LogP contribution is 2.34. The topological polar surface area (TPSA) is 75.9 Å². The summed E-state index contributed by atoms with van der Waals surface area (Å²) in [4.78, 5) is 14.6. The molecule has 9 heteroatoms. The maximum absolute atomic E-state index is 12.1. The molecule has 0 radical (unpaired) electrons. The summed E-state index contributed by atoms with van der Waals surface area (Å²) in [5, 5.41) is 16.9. The number of benzene rings is 3. The normalized spacial score (nSPS) is 16.1. The van der Waals surface area contributed by atoms with E-state index < -0.39 is 0 Å². The predicted molar refractivity (Wildman–Crippen MR) is 155 cm³/mol. The van der Waals surface area contributed by atoms with E-state index in [1.54, 1.807) is 6.92 Å². The second-order valence-corrected chi connectivity index (χ2v) is 11.0. The van der Waals surface area contributed by atoms with Crippen molar-refractivity contribution in [1.82, 2.24) is 30.4 Å². The molecule has 3 aromatic carbocycles. The Hall–Kier alpha value is -3.26. The quantitative estimate of drug-likeness (QED) is 0.273. The van der Waals surface area contributed by atoms with Crippen molar-refractivity contribution in [3.63, 3.8) is 0 Å². The van der Waals surface area contributed by atoms with Crippen LogP contribution in [0.5, 0.6) is 0 Å². The molecule has 1 saturated heterocycles. The number of hydrogen-bond acceptors (Lipinski definition) is 5. The average Bonchev–Trinajstić information content (AvgIpc) is 3.42. The Bertz CT molecular complexity index is 1390. The minimum atomic E-state index is -0.330. The third-order valence-electron chi connectivity index (χ3n) is 7.62. The van der Waals surface area contributed by atoms with Gasteiger partial charge in [0, 0.05) is 31.5 Å². The molecule has 1 fully saturated rings. The smallest absolute Gasteiger partial charge is 0.217 e. The van der Waals surface area contributed by atoms with Gasteiger partial charge in [0.25, 0.3) is 0 Å². The van der Waals surface area contributed by atoms with Crippen LogP contribution >= 0.6 is 23.2 Å². The molecule has 0 aliphatic carbocycles. The van der Waals surface area contributed by atoms with Gasteiger partial charge in [0.05, 0.1) is 22.1 Å². The predicted octanol–water partition coefficient (Wildman–Crippen LogP) is 5.95. The van der Waals surface area contributed by atoms with Gasteiger partial charge < -0.3 is 10.2 Å². The zero-order valence-electron chi connectivity index (χ0n) is 21.9. The van der Waals surface area contributed by atoms with Crippen molar-refractivity contribution in [3.05, 3.63) is 100 Å². The number of amides is 1. The lowest BCUT2D eigenvalue weighted by atomic mass is 9.80. The van der Waals surface area contributed by atoms with Crippen molar-refractivity contribution in [2.45, 2.75) is 44.2 Å². The number of tetrazole rings is 1. The molecule has 2 heterocycles. The van der Waals surface area contributed by atoms with Crippen molar-refractivity contribution in [2.75, 3.05) is 19.6 Å². The first-order chi connectivity index (χ1) is 18.9. The summed E-state index contributed by atoms with van der Waals surface area (Å²) in [7, 11) is 0. The molecule has 1 aliphatic heterocycles. The van der Waals surface area contributed by atoms with Gasteiger partial charge in [0.1, 0.15) is 0 Å². The third-order valence-corrected chi connectivity index (χ3v) is 8.36. The molecule has 5 rings (SSSR count). The zero-order valence-corrected chi connectivity index (χ0v) is 23.4. The van der Waals surface area contributed by atoms with Crippen molar-refractivity contribution in [2.24, 2.45) is 0 Å². The summed E-state index contributed by atoms with van der Waals surface area (Å²) in [6.07, 6.45) is 2.61. The van der Waals surface area contributed by atoms with Gasteiger partial charge >= 0.3 is 0 Å². The summed E-state index contributed by atoms with van der Waals surface area (Å²) >= 11 is 12.7. The standard InChI is InChI=1S/C30H32Cl2N6O/c1-22(39)33-30(26-10-6-3-7-11-26)15-18-37(19-16-30)17-14-25(24-12-13-27(31)28(32)20-24)21-38-29(34-35-36-38)23-8-4-2-5-9-23/h2-13,20,25H,14-19,21H2,1H3,(H,33,39). The van der Waals surface area contributed by atoms with Gasteiger partial charge in [0.2, 0.25) is 5.91 Å². The van der Waals surface area contributed by atoms with Crippen LogP contribution in [0.3, 0.4) is 0 Å². The number of rotatable bonds is 9. The Morgan fingerprint density at radius 3 is 2.33 bits per heavy atom. The van der Waals surface area contributed by atoms with Crippen LogP contribution in [-0.2, 0) is 16.9 Å². The molecule has 4 aromatic rings. The van der Waals surface area contributed by atoms with Crippen LogP contribution in [-0.4, -0.2) is 50.6 Å². The van der Waals surface area contributed by atoms with Crippen LogP contribution in [0.1, 0.15) is 43.2 Å². The molecule has 1 atom stereocenters. The molecule has 39 heavy (non-hydrogen) atoms. The van der Waals surface area contributed by atoms with E-state index in [2.05, 4.69) is 37.9 Å². The van der Waals surface area contributed by atoms with E-state index in [1.165, 1.54) is 5.56 Å². The first-order valence-electron chi connectivity index (χ1n) is 13.3. The van der Waals surface area contributed by atoms with Gasteiger partial charge in [-0.25, -0.2) is 4.68 Å². The summed E-state index contributed by atoms with van der Waals surface area (Å²) in [5.74, 6) is 0.867. The Labute approximate surface area is 239 Å². The minimum Gasteiger partial charge on any atom is -0.347 e. The van der Waals surface area contributed by atoms with Crippen molar-refractivity contribution < 1.29 is 4.79 Å².